The highest BCUT2D eigenvalue weighted by Crippen LogP contribution is 2.32. The first kappa shape index (κ1) is 18.5. The van der Waals surface area contributed by atoms with Gasteiger partial charge in [0.1, 0.15) is 11.5 Å². The third-order valence-electron chi connectivity index (χ3n) is 5.80. The molecule has 0 bridgehead atoms. The molecule has 2 aromatic carbocycles. The molecular weight excluding hydrogens is 382 g/mol. The van der Waals surface area contributed by atoms with Crippen LogP contribution in [0.25, 0.3) is 10.9 Å². The summed E-state index contributed by atoms with van der Waals surface area (Å²) in [6.45, 7) is 2.80. The first-order valence-electron chi connectivity index (χ1n) is 10.0. The van der Waals surface area contributed by atoms with E-state index in [0.717, 1.165) is 52.9 Å². The van der Waals surface area contributed by atoms with Gasteiger partial charge < -0.3 is 14.4 Å². The van der Waals surface area contributed by atoms with Gasteiger partial charge in [-0.25, -0.2) is 0 Å². The van der Waals surface area contributed by atoms with E-state index in [1.54, 1.807) is 0 Å². The van der Waals surface area contributed by atoms with Crippen LogP contribution in [0.5, 0.6) is 0 Å². The molecule has 148 valence electrons. The molecular formula is C23H23N3O2S. The highest BCUT2D eigenvalue weighted by molar-refractivity contribution is 7.91. The molecule has 5 rings (SSSR count). The minimum atomic E-state index is -0.727. The first-order valence-corrected chi connectivity index (χ1v) is 11.5. The van der Waals surface area contributed by atoms with Crippen LogP contribution in [0.3, 0.4) is 0 Å². The zero-order valence-corrected chi connectivity index (χ0v) is 17.0. The number of aromatic nitrogens is 1. The van der Waals surface area contributed by atoms with Gasteiger partial charge >= 0.3 is 0 Å². The fraction of sp³-hybridized carbons (Fsp3) is 0.304. The number of rotatable bonds is 4. The maximum atomic E-state index is 13.2. The number of amides is 1. The molecule has 29 heavy (non-hydrogen) atoms. The van der Waals surface area contributed by atoms with E-state index in [-0.39, 0.29) is 5.91 Å². The van der Waals surface area contributed by atoms with E-state index in [9.17, 15) is 9.35 Å². The second-order valence-electron chi connectivity index (χ2n) is 7.62. The number of hydrogen-bond acceptors (Lipinski definition) is 4. The average Bonchev–Trinajstić information content (AvgIpc) is 3.08. The maximum Gasteiger partial charge on any atom is 0.256 e. The third-order valence-corrected chi connectivity index (χ3v) is 7.08. The second kappa shape index (κ2) is 7.69. The number of anilines is 1. The van der Waals surface area contributed by atoms with Crippen molar-refractivity contribution in [1.82, 2.24) is 9.88 Å². The number of fused-ring (bicyclic) bond motifs is 2. The molecule has 0 spiro atoms. The summed E-state index contributed by atoms with van der Waals surface area (Å²) in [5, 5.41) is 1.13. The molecule has 1 amide bonds. The van der Waals surface area contributed by atoms with Crippen LogP contribution in [0.2, 0.25) is 0 Å². The standard InChI is InChI=1S/C23H23N3O2S/c27-23-22-18(5-3-7-21(22)25-12-14-29(28)15-13-25)16-26(23)11-10-19-9-8-17-4-1-2-6-20(17)24-19/h1-9H,10-16H2. The van der Waals surface area contributed by atoms with Crippen LogP contribution in [-0.2, 0) is 24.1 Å². The molecule has 3 aromatic rings. The van der Waals surface area contributed by atoms with Gasteiger partial charge in [0, 0.05) is 30.6 Å². The Hall–Kier alpha value is -2.57. The molecule has 0 radical (unpaired) electrons. The van der Waals surface area contributed by atoms with Gasteiger partial charge in [-0.15, -0.1) is 0 Å². The van der Waals surface area contributed by atoms with Crippen LogP contribution in [0, 0.1) is 0 Å². The lowest BCUT2D eigenvalue weighted by atomic mass is 10.1. The van der Waals surface area contributed by atoms with Crippen molar-refractivity contribution in [2.24, 2.45) is 0 Å². The molecule has 0 aliphatic carbocycles. The van der Waals surface area contributed by atoms with Gasteiger partial charge in [-0.1, -0.05) is 47.6 Å². The molecule has 2 aliphatic heterocycles. The summed E-state index contributed by atoms with van der Waals surface area (Å²) in [5.41, 5.74) is 4.91. The van der Waals surface area contributed by atoms with Gasteiger partial charge in [-0.05, 0) is 23.8 Å². The number of carbonyl (C=O) groups excluding carboxylic acids is 1. The molecule has 5 nitrogen and oxygen atoms in total. The van der Waals surface area contributed by atoms with Crippen molar-refractivity contribution in [3.63, 3.8) is 0 Å². The Morgan fingerprint density at radius 2 is 1.83 bits per heavy atom. The minimum absolute atomic E-state index is 0.100. The lowest BCUT2D eigenvalue weighted by Crippen LogP contribution is -2.41. The Labute approximate surface area is 173 Å². The van der Waals surface area contributed by atoms with Gasteiger partial charge in [0.25, 0.3) is 5.91 Å². The van der Waals surface area contributed by atoms with Crippen LogP contribution >= 0.6 is 0 Å². The maximum absolute atomic E-state index is 13.2. The summed E-state index contributed by atoms with van der Waals surface area (Å²) >= 11 is -0.727. The van der Waals surface area contributed by atoms with Crippen molar-refractivity contribution < 1.29 is 9.35 Å². The number of para-hydroxylation sites is 1. The van der Waals surface area contributed by atoms with E-state index in [1.165, 1.54) is 0 Å². The Kier molecular flexibility index (Phi) is 4.89. The van der Waals surface area contributed by atoms with Crippen molar-refractivity contribution in [1.29, 1.82) is 0 Å². The molecule has 1 fully saturated rings. The van der Waals surface area contributed by atoms with E-state index < -0.39 is 11.2 Å². The average molecular weight is 406 g/mol. The molecule has 0 atom stereocenters. The van der Waals surface area contributed by atoms with E-state index in [2.05, 4.69) is 23.1 Å². The molecule has 1 aromatic heterocycles. The largest absolute Gasteiger partial charge is 0.616 e. The monoisotopic (exact) mass is 405 g/mol. The number of benzene rings is 2. The van der Waals surface area contributed by atoms with Gasteiger partial charge in [-0.3, -0.25) is 9.78 Å². The quantitative estimate of drug-likeness (QED) is 0.626. The Balaban J connectivity index is 1.32. The Bertz CT molecular complexity index is 1060. The minimum Gasteiger partial charge on any atom is -0.616 e. The number of hydrogen-bond donors (Lipinski definition) is 0. The topological polar surface area (TPSA) is 59.5 Å². The highest BCUT2D eigenvalue weighted by atomic mass is 32.2. The van der Waals surface area contributed by atoms with Crippen LogP contribution < -0.4 is 4.90 Å². The van der Waals surface area contributed by atoms with E-state index >= 15 is 0 Å². The molecule has 0 N–H and O–H groups in total. The molecule has 1 saturated heterocycles. The van der Waals surface area contributed by atoms with Crippen molar-refractivity contribution in [2.45, 2.75) is 13.0 Å². The number of pyridine rings is 1. The summed E-state index contributed by atoms with van der Waals surface area (Å²) in [7, 11) is 0. The Morgan fingerprint density at radius 3 is 2.69 bits per heavy atom. The van der Waals surface area contributed by atoms with Gasteiger partial charge in [0.2, 0.25) is 0 Å². The zero-order valence-electron chi connectivity index (χ0n) is 16.2. The van der Waals surface area contributed by atoms with Gasteiger partial charge in [0.15, 0.2) is 0 Å². The number of carbonyl (C=O) groups is 1. The molecule has 3 heterocycles. The van der Waals surface area contributed by atoms with E-state index in [1.807, 2.05) is 41.3 Å². The zero-order chi connectivity index (χ0) is 19.8. The molecule has 0 unspecified atom stereocenters. The fourth-order valence-electron chi connectivity index (χ4n) is 4.22. The lowest BCUT2D eigenvalue weighted by Gasteiger charge is -2.31. The summed E-state index contributed by atoms with van der Waals surface area (Å²) in [6, 6.07) is 18.3. The predicted octanol–water partition coefficient (Wildman–Crippen LogP) is 3.00. The summed E-state index contributed by atoms with van der Waals surface area (Å²) in [6.07, 6.45) is 0.739. The predicted molar refractivity (Wildman–Crippen MR) is 117 cm³/mol. The first-order chi connectivity index (χ1) is 14.2. The summed E-state index contributed by atoms with van der Waals surface area (Å²) in [5.74, 6) is 1.45. The summed E-state index contributed by atoms with van der Waals surface area (Å²) in [4.78, 5) is 22.0. The third kappa shape index (κ3) is 3.58. The SMILES string of the molecule is O=C1c2c(cccc2N2CC[S+]([O-])CC2)CN1CCc1ccc2ccccc2n1. The molecule has 6 heteroatoms. The summed E-state index contributed by atoms with van der Waals surface area (Å²) < 4.78 is 11.7. The van der Waals surface area contributed by atoms with Crippen molar-refractivity contribution >= 4 is 33.7 Å². The fourth-order valence-corrected chi connectivity index (χ4v) is 5.27. The van der Waals surface area contributed by atoms with Crippen LogP contribution in [0.1, 0.15) is 21.6 Å². The van der Waals surface area contributed by atoms with Crippen molar-refractivity contribution in [2.75, 3.05) is 36.0 Å². The van der Waals surface area contributed by atoms with Crippen LogP contribution in [-0.4, -0.2) is 51.5 Å². The van der Waals surface area contributed by atoms with Crippen molar-refractivity contribution in [3.8, 4) is 0 Å². The smallest absolute Gasteiger partial charge is 0.256 e. The normalized spacial score (nSPS) is 17.2. The van der Waals surface area contributed by atoms with Gasteiger partial charge in [-0.2, -0.15) is 0 Å². The molecule has 2 aliphatic rings. The second-order valence-corrected chi connectivity index (χ2v) is 9.31. The van der Waals surface area contributed by atoms with E-state index in [4.69, 9.17) is 4.98 Å². The Morgan fingerprint density at radius 1 is 1.00 bits per heavy atom. The van der Waals surface area contributed by atoms with Gasteiger partial charge in [0.05, 0.1) is 29.9 Å². The molecule has 0 saturated carbocycles. The lowest BCUT2D eigenvalue weighted by molar-refractivity contribution is 0.0780. The van der Waals surface area contributed by atoms with E-state index in [0.29, 0.717) is 24.6 Å². The number of nitrogens with zero attached hydrogens (tertiary/aromatic N) is 3. The highest BCUT2D eigenvalue weighted by Gasteiger charge is 2.32. The van der Waals surface area contributed by atoms with Crippen LogP contribution in [0.4, 0.5) is 5.69 Å². The van der Waals surface area contributed by atoms with Crippen molar-refractivity contribution in [3.05, 3.63) is 71.4 Å². The van der Waals surface area contributed by atoms with Crippen LogP contribution in [0.15, 0.2) is 54.6 Å².